The zero-order valence-corrected chi connectivity index (χ0v) is 15.1. The van der Waals surface area contributed by atoms with Crippen molar-refractivity contribution < 1.29 is 44.7 Å². The molecule has 0 fully saturated rings. The maximum absolute atomic E-state index is 13.5. The topological polar surface area (TPSA) is 52.3 Å². The predicted octanol–water partition coefficient (Wildman–Crippen LogP) is 4.87. The van der Waals surface area contributed by atoms with Crippen molar-refractivity contribution in [2.24, 2.45) is 5.73 Å². The first kappa shape index (κ1) is 24.1. The number of hydrogen-bond acceptors (Lipinski definition) is 3. The maximum atomic E-state index is 13.5. The van der Waals surface area contributed by atoms with Gasteiger partial charge in [-0.1, -0.05) is 18.2 Å². The first-order valence-corrected chi connectivity index (χ1v) is 7.90. The Kier molecular flexibility index (Phi) is 6.45. The van der Waals surface area contributed by atoms with Gasteiger partial charge in [-0.05, 0) is 32.4 Å². The van der Waals surface area contributed by atoms with Gasteiger partial charge in [0, 0.05) is 12.0 Å². The third-order valence-corrected chi connectivity index (χ3v) is 3.49. The Labute approximate surface area is 155 Å². The van der Waals surface area contributed by atoms with E-state index in [4.69, 9.17) is 10.5 Å². The van der Waals surface area contributed by atoms with E-state index in [1.54, 1.807) is 0 Å². The minimum absolute atomic E-state index is 0.371. The van der Waals surface area contributed by atoms with Gasteiger partial charge in [0.1, 0.15) is 11.1 Å². The number of halogens is 8. The number of alkyl halides is 8. The van der Waals surface area contributed by atoms with E-state index in [1.165, 1.54) is 20.8 Å². The minimum atomic E-state index is -5.90. The van der Waals surface area contributed by atoms with Crippen LogP contribution in [0.5, 0.6) is 0 Å². The molecule has 0 saturated heterocycles. The highest BCUT2D eigenvalue weighted by atomic mass is 19.4. The largest absolute Gasteiger partial charge is 0.459 e. The Morgan fingerprint density at radius 1 is 1.00 bits per heavy atom. The third kappa shape index (κ3) is 6.32. The lowest BCUT2D eigenvalue weighted by molar-refractivity contribution is -0.289. The van der Waals surface area contributed by atoms with Crippen molar-refractivity contribution in [1.82, 2.24) is 0 Å². The average Bonchev–Trinajstić information content (AvgIpc) is 2.42. The fourth-order valence-electron chi connectivity index (χ4n) is 2.35. The lowest BCUT2D eigenvalue weighted by Gasteiger charge is -2.32. The number of ether oxygens (including phenoxy) is 1. The van der Waals surface area contributed by atoms with Crippen LogP contribution in [0.2, 0.25) is 0 Å². The summed E-state index contributed by atoms with van der Waals surface area (Å²) in [5, 5.41) is 0. The normalized spacial score (nSPS) is 15.9. The Morgan fingerprint density at radius 2 is 1.54 bits per heavy atom. The highest BCUT2D eigenvalue weighted by Crippen LogP contribution is 2.44. The van der Waals surface area contributed by atoms with Crippen LogP contribution in [-0.2, 0) is 21.9 Å². The van der Waals surface area contributed by atoms with E-state index in [-0.39, 0.29) is 0 Å². The summed E-state index contributed by atoms with van der Waals surface area (Å²) in [6, 6.07) is 2.66. The monoisotopic (exact) mass is 421 g/mol. The summed E-state index contributed by atoms with van der Waals surface area (Å²) in [6.07, 6.45) is -13.6. The fraction of sp³-hybridized carbons (Fsp3) is 0.588. The Morgan fingerprint density at radius 3 is 1.96 bits per heavy atom. The molecule has 1 aromatic carbocycles. The number of nitrogens with two attached hydrogens (primary N) is 1. The van der Waals surface area contributed by atoms with Gasteiger partial charge < -0.3 is 10.5 Å². The van der Waals surface area contributed by atoms with E-state index in [1.807, 2.05) is 0 Å². The molecule has 11 heteroatoms. The first-order valence-electron chi connectivity index (χ1n) is 7.90. The highest BCUT2D eigenvalue weighted by molar-refractivity contribution is 5.81. The number of carbonyl (C=O) groups is 1. The molecule has 2 N–H and O–H groups in total. The number of esters is 1. The Hall–Kier alpha value is -1.91. The van der Waals surface area contributed by atoms with Crippen molar-refractivity contribution in [3.8, 4) is 0 Å². The van der Waals surface area contributed by atoms with Crippen LogP contribution in [0.3, 0.4) is 0 Å². The summed E-state index contributed by atoms with van der Waals surface area (Å²) in [5.74, 6) is -6.68. The molecule has 0 aliphatic carbocycles. The summed E-state index contributed by atoms with van der Waals surface area (Å²) in [5.41, 5.74) is -0.179. The molecule has 1 atom stereocenters. The van der Waals surface area contributed by atoms with Gasteiger partial charge in [-0.2, -0.15) is 35.1 Å². The Balaban J connectivity index is 3.30. The SMILES string of the molecule is CC(C)(C)OC(=O)[C@](N)(Cc1cccc(C(F)(F)C(F)(F)F)c1)CC(F)(F)F. The van der Waals surface area contributed by atoms with E-state index in [0.717, 1.165) is 12.1 Å². The van der Waals surface area contributed by atoms with Crippen LogP contribution >= 0.6 is 0 Å². The number of benzene rings is 1. The molecule has 3 nitrogen and oxygen atoms in total. The van der Waals surface area contributed by atoms with E-state index in [9.17, 15) is 39.9 Å². The first-order chi connectivity index (χ1) is 12.3. The van der Waals surface area contributed by atoms with Crippen LogP contribution < -0.4 is 5.73 Å². The molecule has 0 bridgehead atoms. The molecule has 0 amide bonds. The molecule has 0 aliphatic heterocycles. The molecule has 0 aliphatic rings. The van der Waals surface area contributed by atoms with Crippen molar-refractivity contribution >= 4 is 5.97 Å². The highest BCUT2D eigenvalue weighted by Gasteiger charge is 2.58. The molecule has 28 heavy (non-hydrogen) atoms. The van der Waals surface area contributed by atoms with E-state index >= 15 is 0 Å². The van der Waals surface area contributed by atoms with E-state index in [0.29, 0.717) is 12.1 Å². The van der Waals surface area contributed by atoms with E-state index in [2.05, 4.69) is 0 Å². The van der Waals surface area contributed by atoms with Gasteiger partial charge in [0.25, 0.3) is 0 Å². The molecule has 1 rings (SSSR count). The molecule has 0 radical (unpaired) electrons. The van der Waals surface area contributed by atoms with Crippen molar-refractivity contribution in [2.75, 3.05) is 0 Å². The second kappa shape index (κ2) is 7.49. The minimum Gasteiger partial charge on any atom is -0.459 e. The zero-order chi connectivity index (χ0) is 22.2. The summed E-state index contributed by atoms with van der Waals surface area (Å²) in [6.45, 7) is 4.14. The molecular formula is C17H19F8NO2. The van der Waals surface area contributed by atoms with Gasteiger partial charge in [-0.15, -0.1) is 0 Å². The van der Waals surface area contributed by atoms with Crippen molar-refractivity contribution in [1.29, 1.82) is 0 Å². The number of rotatable bonds is 5. The summed E-state index contributed by atoms with van der Waals surface area (Å²) in [7, 11) is 0. The fourth-order valence-corrected chi connectivity index (χ4v) is 2.35. The van der Waals surface area contributed by atoms with Crippen LogP contribution in [0.15, 0.2) is 24.3 Å². The maximum Gasteiger partial charge on any atom is 0.458 e. The standard InChI is InChI=1S/C17H19F8NO2/c1-13(2,3)28-12(27)14(26,9-15(18,19)20)8-10-5-4-6-11(7-10)16(21,22)17(23,24)25/h4-7H,8-9,26H2,1-3H3/t14-/m0/s1. The van der Waals surface area contributed by atoms with Crippen molar-refractivity contribution in [3.05, 3.63) is 35.4 Å². The van der Waals surface area contributed by atoms with Gasteiger partial charge in [0.15, 0.2) is 0 Å². The molecule has 1 aromatic rings. The molecular weight excluding hydrogens is 402 g/mol. The quantitative estimate of drug-likeness (QED) is 0.545. The predicted molar refractivity (Wildman–Crippen MR) is 83.5 cm³/mol. The zero-order valence-electron chi connectivity index (χ0n) is 15.1. The van der Waals surface area contributed by atoms with Gasteiger partial charge in [-0.25, -0.2) is 0 Å². The van der Waals surface area contributed by atoms with Crippen LogP contribution in [0.25, 0.3) is 0 Å². The summed E-state index contributed by atoms with van der Waals surface area (Å²) in [4.78, 5) is 12.2. The number of hydrogen-bond donors (Lipinski definition) is 1. The molecule has 0 unspecified atom stereocenters. The summed E-state index contributed by atoms with van der Waals surface area (Å²) >= 11 is 0. The van der Waals surface area contributed by atoms with Gasteiger partial charge in [0.05, 0.1) is 6.42 Å². The second-order valence-electron chi connectivity index (χ2n) is 7.40. The molecule has 160 valence electrons. The van der Waals surface area contributed by atoms with Crippen LogP contribution in [0.1, 0.15) is 38.3 Å². The molecule has 0 aromatic heterocycles. The van der Waals surface area contributed by atoms with Gasteiger partial charge in [0.2, 0.25) is 0 Å². The smallest absolute Gasteiger partial charge is 0.458 e. The second-order valence-corrected chi connectivity index (χ2v) is 7.40. The summed E-state index contributed by atoms with van der Waals surface area (Å²) < 4.78 is 108. The Bertz CT molecular complexity index is 706. The molecule has 0 heterocycles. The molecule has 0 spiro atoms. The lowest BCUT2D eigenvalue weighted by Crippen LogP contribution is -2.55. The average molecular weight is 421 g/mol. The number of carbonyl (C=O) groups excluding carboxylic acids is 1. The third-order valence-electron chi connectivity index (χ3n) is 3.49. The lowest BCUT2D eigenvalue weighted by atomic mass is 9.87. The van der Waals surface area contributed by atoms with Crippen LogP contribution in [-0.4, -0.2) is 29.5 Å². The van der Waals surface area contributed by atoms with Crippen molar-refractivity contribution in [3.63, 3.8) is 0 Å². The van der Waals surface area contributed by atoms with Gasteiger partial charge >= 0.3 is 24.2 Å². The van der Waals surface area contributed by atoms with Gasteiger partial charge in [-0.3, -0.25) is 4.79 Å². The van der Waals surface area contributed by atoms with E-state index < -0.39 is 59.4 Å². The molecule has 0 saturated carbocycles. The van der Waals surface area contributed by atoms with Crippen molar-refractivity contribution in [2.45, 2.75) is 63.0 Å². The van der Waals surface area contributed by atoms with Crippen LogP contribution in [0, 0.1) is 0 Å². The van der Waals surface area contributed by atoms with Crippen LogP contribution in [0.4, 0.5) is 35.1 Å².